The first kappa shape index (κ1) is 18.8. The summed E-state index contributed by atoms with van der Waals surface area (Å²) in [7, 11) is 1.71. The molecule has 2 aliphatic heterocycles. The number of cyclic esters (lactones) is 1. The largest absolute Gasteiger partial charge is 0.508 e. The molecule has 7 nitrogen and oxygen atoms in total. The van der Waals surface area contributed by atoms with Crippen molar-refractivity contribution in [2.45, 2.75) is 45.4 Å². The topological polar surface area (TPSA) is 93.5 Å². The van der Waals surface area contributed by atoms with E-state index in [9.17, 15) is 14.7 Å². The lowest BCUT2D eigenvalue weighted by Gasteiger charge is -2.36. The SMILES string of the molecule is CCc1c2c(nc3ccc(O)cc13)-c1cc3c(c(=O)n1C2)COC(=O)[C@@]3(CC)NC. The van der Waals surface area contributed by atoms with Gasteiger partial charge in [-0.1, -0.05) is 13.8 Å². The summed E-state index contributed by atoms with van der Waals surface area (Å²) in [5.74, 6) is -0.168. The fourth-order valence-electron chi connectivity index (χ4n) is 4.98. The van der Waals surface area contributed by atoms with Crippen molar-refractivity contribution in [1.29, 1.82) is 0 Å². The van der Waals surface area contributed by atoms with Crippen LogP contribution in [0.2, 0.25) is 0 Å². The van der Waals surface area contributed by atoms with Crippen LogP contribution in [0.4, 0.5) is 0 Å². The van der Waals surface area contributed by atoms with Crippen molar-refractivity contribution < 1.29 is 14.6 Å². The molecule has 154 valence electrons. The lowest BCUT2D eigenvalue weighted by Crippen LogP contribution is -2.52. The Morgan fingerprint density at radius 1 is 1.23 bits per heavy atom. The standard InChI is InChI=1S/C23H23N3O4/c1-4-13-14-8-12(27)6-7-18(14)25-20-15(13)10-26-19(20)9-17-16(21(26)28)11-30-22(29)23(17,5-2)24-3/h6-9,24,27H,4-5,10-11H2,1-3H3/t23-/m0/s1. The van der Waals surface area contributed by atoms with Gasteiger partial charge in [-0.2, -0.15) is 0 Å². The molecular formula is C23H23N3O4. The third-order valence-electron chi connectivity index (χ3n) is 6.61. The lowest BCUT2D eigenvalue weighted by atomic mass is 9.82. The number of aryl methyl sites for hydroxylation is 1. The van der Waals surface area contributed by atoms with Crippen LogP contribution in [0.3, 0.4) is 0 Å². The molecule has 0 saturated heterocycles. The van der Waals surface area contributed by atoms with E-state index < -0.39 is 5.54 Å². The number of esters is 1. The van der Waals surface area contributed by atoms with Crippen molar-refractivity contribution in [2.24, 2.45) is 0 Å². The molecule has 30 heavy (non-hydrogen) atoms. The second kappa shape index (κ2) is 6.40. The molecule has 1 aromatic carbocycles. The molecule has 4 heterocycles. The number of phenolic OH excluding ortho intramolecular Hbond substituents is 1. The fourth-order valence-corrected chi connectivity index (χ4v) is 4.98. The summed E-state index contributed by atoms with van der Waals surface area (Å²) < 4.78 is 7.11. The van der Waals surface area contributed by atoms with Gasteiger partial charge >= 0.3 is 5.97 Å². The van der Waals surface area contributed by atoms with Crippen LogP contribution in [0.5, 0.6) is 5.75 Å². The Morgan fingerprint density at radius 2 is 2.03 bits per heavy atom. The maximum Gasteiger partial charge on any atom is 0.331 e. The molecule has 2 N–H and O–H groups in total. The molecule has 7 heteroatoms. The quantitative estimate of drug-likeness (QED) is 0.509. The van der Waals surface area contributed by atoms with E-state index in [-0.39, 0.29) is 23.9 Å². The molecule has 0 spiro atoms. The molecule has 1 atom stereocenters. The van der Waals surface area contributed by atoms with Crippen LogP contribution in [-0.4, -0.2) is 27.7 Å². The van der Waals surface area contributed by atoms with E-state index in [4.69, 9.17) is 9.72 Å². The predicted octanol–water partition coefficient (Wildman–Crippen LogP) is 2.57. The first-order valence-electron chi connectivity index (χ1n) is 10.2. The van der Waals surface area contributed by atoms with E-state index in [2.05, 4.69) is 12.2 Å². The number of hydrogen-bond donors (Lipinski definition) is 2. The number of carbonyl (C=O) groups is 1. The van der Waals surface area contributed by atoms with Crippen molar-refractivity contribution in [3.05, 3.63) is 56.9 Å². The Kier molecular flexibility index (Phi) is 4.02. The molecule has 0 radical (unpaired) electrons. The lowest BCUT2D eigenvalue weighted by molar-refractivity contribution is -0.156. The molecule has 0 unspecified atom stereocenters. The number of ether oxygens (including phenoxy) is 1. The van der Waals surface area contributed by atoms with Gasteiger partial charge in [0.25, 0.3) is 5.56 Å². The maximum atomic E-state index is 13.4. The van der Waals surface area contributed by atoms with E-state index in [0.29, 0.717) is 24.1 Å². The van der Waals surface area contributed by atoms with Crippen molar-refractivity contribution in [3.63, 3.8) is 0 Å². The zero-order chi connectivity index (χ0) is 21.2. The number of hydrogen-bond acceptors (Lipinski definition) is 6. The molecule has 0 saturated carbocycles. The number of nitrogens with zero attached hydrogens (tertiary/aromatic N) is 2. The summed E-state index contributed by atoms with van der Waals surface area (Å²) in [5.41, 5.74) is 4.35. The first-order valence-corrected chi connectivity index (χ1v) is 10.2. The highest BCUT2D eigenvalue weighted by molar-refractivity contribution is 5.90. The van der Waals surface area contributed by atoms with Gasteiger partial charge in [0.1, 0.15) is 17.9 Å². The van der Waals surface area contributed by atoms with E-state index in [1.54, 1.807) is 29.8 Å². The third kappa shape index (κ3) is 2.26. The van der Waals surface area contributed by atoms with Gasteiger partial charge in [-0.15, -0.1) is 0 Å². The predicted molar refractivity (Wildman–Crippen MR) is 112 cm³/mol. The van der Waals surface area contributed by atoms with Gasteiger partial charge in [-0.3, -0.25) is 4.79 Å². The molecular weight excluding hydrogens is 382 g/mol. The van der Waals surface area contributed by atoms with Gasteiger partial charge in [0.15, 0.2) is 0 Å². The summed E-state index contributed by atoms with van der Waals surface area (Å²) in [6, 6.07) is 7.08. The van der Waals surface area contributed by atoms with Crippen LogP contribution in [0.25, 0.3) is 22.3 Å². The first-order chi connectivity index (χ1) is 14.4. The fraction of sp³-hybridized carbons (Fsp3) is 0.348. The number of pyridine rings is 2. The minimum atomic E-state index is -1.04. The number of nitrogens with one attached hydrogen (secondary N) is 1. The average Bonchev–Trinajstić information content (AvgIpc) is 3.11. The number of benzene rings is 1. The summed E-state index contributed by atoms with van der Waals surface area (Å²) in [6.45, 7) is 4.37. The van der Waals surface area contributed by atoms with Crippen molar-refractivity contribution >= 4 is 16.9 Å². The van der Waals surface area contributed by atoms with E-state index in [0.717, 1.165) is 39.8 Å². The Balaban J connectivity index is 1.84. The second-order valence-corrected chi connectivity index (χ2v) is 7.87. The highest BCUT2D eigenvalue weighted by atomic mass is 16.5. The zero-order valence-corrected chi connectivity index (χ0v) is 17.2. The van der Waals surface area contributed by atoms with Crippen LogP contribution in [0.15, 0.2) is 29.1 Å². The third-order valence-corrected chi connectivity index (χ3v) is 6.61. The van der Waals surface area contributed by atoms with Gasteiger partial charge < -0.3 is 19.7 Å². The number of aromatic hydroxyl groups is 1. The molecule has 2 aliphatic rings. The molecule has 3 aromatic rings. The zero-order valence-electron chi connectivity index (χ0n) is 17.2. The van der Waals surface area contributed by atoms with Gasteiger partial charge in [0, 0.05) is 10.9 Å². The smallest absolute Gasteiger partial charge is 0.331 e. The minimum absolute atomic E-state index is 0.0169. The Bertz CT molecular complexity index is 1290. The second-order valence-electron chi connectivity index (χ2n) is 7.87. The Labute approximate surface area is 173 Å². The minimum Gasteiger partial charge on any atom is -0.508 e. The monoisotopic (exact) mass is 405 g/mol. The van der Waals surface area contributed by atoms with Gasteiger partial charge in [0.2, 0.25) is 0 Å². The molecule has 0 bridgehead atoms. The summed E-state index contributed by atoms with van der Waals surface area (Å²) in [4.78, 5) is 30.9. The summed E-state index contributed by atoms with van der Waals surface area (Å²) in [6.07, 6.45) is 1.22. The van der Waals surface area contributed by atoms with Crippen molar-refractivity contribution in [3.8, 4) is 17.1 Å². The molecule has 2 aromatic heterocycles. The van der Waals surface area contributed by atoms with E-state index in [1.165, 1.54) is 0 Å². The molecule has 5 rings (SSSR count). The van der Waals surface area contributed by atoms with E-state index in [1.807, 2.05) is 13.0 Å². The molecule has 0 aliphatic carbocycles. The number of aromatic nitrogens is 2. The highest BCUT2D eigenvalue weighted by Crippen LogP contribution is 2.40. The number of phenols is 1. The van der Waals surface area contributed by atoms with Gasteiger partial charge in [0.05, 0.1) is 29.0 Å². The number of likely N-dealkylation sites (N-methyl/N-ethyl adjacent to an activating group) is 1. The van der Waals surface area contributed by atoms with Crippen LogP contribution < -0.4 is 10.9 Å². The number of fused-ring (bicyclic) bond motifs is 5. The van der Waals surface area contributed by atoms with Crippen LogP contribution >= 0.6 is 0 Å². The summed E-state index contributed by atoms with van der Waals surface area (Å²) >= 11 is 0. The Morgan fingerprint density at radius 3 is 2.73 bits per heavy atom. The van der Waals surface area contributed by atoms with Gasteiger partial charge in [-0.05, 0) is 55.3 Å². The van der Waals surface area contributed by atoms with Crippen LogP contribution in [0.1, 0.15) is 42.5 Å². The summed E-state index contributed by atoms with van der Waals surface area (Å²) in [5, 5.41) is 14.0. The average molecular weight is 405 g/mol. The molecule has 0 amide bonds. The van der Waals surface area contributed by atoms with Crippen LogP contribution in [0, 0.1) is 0 Å². The van der Waals surface area contributed by atoms with Crippen LogP contribution in [-0.2, 0) is 34.6 Å². The maximum absolute atomic E-state index is 13.4. The number of carbonyl (C=O) groups excluding carboxylic acids is 1. The highest BCUT2D eigenvalue weighted by Gasteiger charge is 2.45. The number of rotatable bonds is 3. The van der Waals surface area contributed by atoms with Crippen molar-refractivity contribution in [1.82, 2.24) is 14.9 Å². The molecule has 0 fully saturated rings. The van der Waals surface area contributed by atoms with Crippen molar-refractivity contribution in [2.75, 3.05) is 7.05 Å². The van der Waals surface area contributed by atoms with E-state index >= 15 is 0 Å². The normalized spacial score (nSPS) is 19.4. The van der Waals surface area contributed by atoms with Gasteiger partial charge in [-0.25, -0.2) is 9.78 Å². The Hall–Kier alpha value is -3.19.